The van der Waals surface area contributed by atoms with Crippen LogP contribution in [0.15, 0.2) is 89.9 Å². The maximum atomic E-state index is 10.6. The van der Waals surface area contributed by atoms with E-state index in [1.807, 2.05) is 12.1 Å². The molecule has 0 saturated carbocycles. The number of para-hydroxylation sites is 1. The number of carboxylic acids is 1. The zero-order valence-corrected chi connectivity index (χ0v) is 18.5. The fourth-order valence-corrected chi connectivity index (χ4v) is 3.68. The van der Waals surface area contributed by atoms with Gasteiger partial charge in [0.2, 0.25) is 0 Å². The van der Waals surface area contributed by atoms with E-state index < -0.39 is 12.1 Å². The Labute approximate surface area is 195 Å². The minimum atomic E-state index is -5.08. The normalized spacial score (nSPS) is 17.1. The molecule has 2 N–H and O–H groups in total. The van der Waals surface area contributed by atoms with Gasteiger partial charge >= 0.3 is 12.1 Å². The highest BCUT2D eigenvalue weighted by Gasteiger charge is 2.38. The summed E-state index contributed by atoms with van der Waals surface area (Å²) in [5, 5.41) is 10.8. The van der Waals surface area contributed by atoms with Gasteiger partial charge in [-0.05, 0) is 29.2 Å². The van der Waals surface area contributed by atoms with Crippen molar-refractivity contribution in [3.8, 4) is 5.75 Å². The van der Waals surface area contributed by atoms with Crippen molar-refractivity contribution in [2.75, 3.05) is 7.11 Å². The number of aliphatic imine (C=N–C) groups is 1. The third-order valence-electron chi connectivity index (χ3n) is 5.30. The monoisotopic (exact) mass is 470 g/mol. The molecule has 2 atom stereocenters. The highest BCUT2D eigenvalue weighted by Crippen LogP contribution is 2.36. The molecule has 34 heavy (non-hydrogen) atoms. The van der Waals surface area contributed by atoms with E-state index in [0.717, 1.165) is 24.4 Å². The Hall–Kier alpha value is -3.81. The van der Waals surface area contributed by atoms with E-state index in [2.05, 4.69) is 78.1 Å². The van der Waals surface area contributed by atoms with Crippen molar-refractivity contribution in [1.82, 2.24) is 5.32 Å². The molecular weight excluding hydrogens is 445 g/mol. The zero-order valence-electron chi connectivity index (χ0n) is 18.5. The van der Waals surface area contributed by atoms with Crippen molar-refractivity contribution in [2.45, 2.75) is 31.1 Å². The summed E-state index contributed by atoms with van der Waals surface area (Å²) < 4.78 is 37.2. The van der Waals surface area contributed by atoms with Crippen LogP contribution in [0.25, 0.3) is 0 Å². The summed E-state index contributed by atoms with van der Waals surface area (Å²) >= 11 is 0. The number of amidine groups is 1. The second kappa shape index (κ2) is 11.4. The standard InChI is InChI=1S/C24H24N2O.C2HF3O2/c1-27-21-15-9-8-10-18(21)16-17-22-25-23(19-11-4-2-5-12-19)24(26-22)20-13-6-3-7-14-20;3-2(4,5)1(6)7/h2-15,23-24H,16-17H2,1H3,(H,25,26);(H,6,7)/t23-,24+;. The molecule has 0 bridgehead atoms. The van der Waals surface area contributed by atoms with Crippen LogP contribution in [0.4, 0.5) is 13.2 Å². The maximum Gasteiger partial charge on any atom is 0.490 e. The van der Waals surface area contributed by atoms with Crippen LogP contribution in [-0.4, -0.2) is 30.2 Å². The number of benzene rings is 3. The number of hydrogen-bond donors (Lipinski definition) is 2. The number of aryl methyl sites for hydroxylation is 1. The third-order valence-corrected chi connectivity index (χ3v) is 5.30. The largest absolute Gasteiger partial charge is 0.496 e. The van der Waals surface area contributed by atoms with Crippen LogP contribution in [0.1, 0.15) is 35.2 Å². The minimum absolute atomic E-state index is 0.0984. The summed E-state index contributed by atoms with van der Waals surface area (Å²) in [5.41, 5.74) is 3.72. The summed E-state index contributed by atoms with van der Waals surface area (Å²) in [5.74, 6) is -0.758. The Morgan fingerprint density at radius 2 is 1.44 bits per heavy atom. The lowest BCUT2D eigenvalue weighted by Crippen LogP contribution is -2.24. The van der Waals surface area contributed by atoms with E-state index >= 15 is 0 Å². The molecule has 0 saturated heterocycles. The molecule has 0 aliphatic carbocycles. The van der Waals surface area contributed by atoms with E-state index in [1.165, 1.54) is 16.7 Å². The van der Waals surface area contributed by atoms with E-state index in [-0.39, 0.29) is 12.1 Å². The molecule has 1 heterocycles. The van der Waals surface area contributed by atoms with Gasteiger partial charge < -0.3 is 15.2 Å². The van der Waals surface area contributed by atoms with Gasteiger partial charge in [-0.2, -0.15) is 13.2 Å². The molecule has 1 aliphatic heterocycles. The molecule has 0 fully saturated rings. The molecule has 1 aliphatic rings. The quantitative estimate of drug-likeness (QED) is 0.482. The predicted octanol–water partition coefficient (Wildman–Crippen LogP) is 5.75. The van der Waals surface area contributed by atoms with Crippen LogP contribution in [0.3, 0.4) is 0 Å². The lowest BCUT2D eigenvalue weighted by molar-refractivity contribution is -0.192. The number of nitrogens with zero attached hydrogens (tertiary/aromatic N) is 1. The fourth-order valence-electron chi connectivity index (χ4n) is 3.68. The van der Waals surface area contributed by atoms with Gasteiger partial charge in [0.15, 0.2) is 0 Å². The van der Waals surface area contributed by atoms with Gasteiger partial charge in [-0.25, -0.2) is 4.79 Å². The second-order valence-electron chi connectivity index (χ2n) is 7.58. The van der Waals surface area contributed by atoms with Gasteiger partial charge in [-0.3, -0.25) is 4.99 Å². The number of rotatable bonds is 6. The SMILES string of the molecule is COc1ccccc1CCC1=N[C@H](c2ccccc2)[C@H](c2ccccc2)N1.O=C(O)C(F)(F)F. The third kappa shape index (κ3) is 6.60. The molecular formula is C26H25F3N2O3. The second-order valence-corrected chi connectivity index (χ2v) is 7.58. The molecule has 0 aromatic heterocycles. The molecule has 5 nitrogen and oxygen atoms in total. The molecule has 3 aromatic carbocycles. The lowest BCUT2D eigenvalue weighted by Gasteiger charge is -2.19. The first-order valence-electron chi connectivity index (χ1n) is 10.6. The summed E-state index contributed by atoms with van der Waals surface area (Å²) in [7, 11) is 1.72. The van der Waals surface area contributed by atoms with E-state index in [9.17, 15) is 13.2 Å². The molecule has 0 amide bonds. The van der Waals surface area contributed by atoms with Gasteiger partial charge in [0.05, 0.1) is 19.0 Å². The number of aliphatic carboxylic acids is 1. The first-order chi connectivity index (χ1) is 16.3. The van der Waals surface area contributed by atoms with Crippen LogP contribution in [-0.2, 0) is 11.2 Å². The highest BCUT2D eigenvalue weighted by molar-refractivity contribution is 5.85. The van der Waals surface area contributed by atoms with Crippen molar-refractivity contribution < 1.29 is 27.8 Å². The number of carbonyl (C=O) groups is 1. The molecule has 3 aromatic rings. The topological polar surface area (TPSA) is 70.9 Å². The van der Waals surface area contributed by atoms with Crippen LogP contribution < -0.4 is 10.1 Å². The summed E-state index contributed by atoms with van der Waals surface area (Å²) in [4.78, 5) is 13.9. The van der Waals surface area contributed by atoms with Crippen LogP contribution in [0, 0.1) is 0 Å². The minimum Gasteiger partial charge on any atom is -0.496 e. The highest BCUT2D eigenvalue weighted by atomic mass is 19.4. The number of alkyl halides is 3. The number of hydrogen-bond acceptors (Lipinski definition) is 4. The van der Waals surface area contributed by atoms with Crippen molar-refractivity contribution in [3.63, 3.8) is 0 Å². The fraction of sp³-hybridized carbons (Fsp3) is 0.231. The Bertz CT molecular complexity index is 1100. The van der Waals surface area contributed by atoms with Gasteiger partial charge in [0.1, 0.15) is 11.8 Å². The maximum absolute atomic E-state index is 10.6. The molecule has 0 radical (unpaired) electrons. The molecule has 0 spiro atoms. The lowest BCUT2D eigenvalue weighted by atomic mass is 9.95. The molecule has 178 valence electrons. The van der Waals surface area contributed by atoms with Crippen molar-refractivity contribution in [3.05, 3.63) is 102 Å². The number of ether oxygens (including phenoxy) is 1. The van der Waals surface area contributed by atoms with E-state index in [0.29, 0.717) is 0 Å². The van der Waals surface area contributed by atoms with Gasteiger partial charge in [0, 0.05) is 6.42 Å². The average molecular weight is 470 g/mol. The number of halogens is 3. The number of methoxy groups -OCH3 is 1. The van der Waals surface area contributed by atoms with Crippen molar-refractivity contribution >= 4 is 11.8 Å². The summed E-state index contributed by atoms with van der Waals surface area (Å²) in [6.07, 6.45) is -3.31. The van der Waals surface area contributed by atoms with E-state index in [1.54, 1.807) is 7.11 Å². The van der Waals surface area contributed by atoms with Gasteiger partial charge in [-0.15, -0.1) is 0 Å². The average Bonchev–Trinajstić information content (AvgIpc) is 3.28. The number of carboxylic acid groups (broad SMARTS) is 1. The van der Waals surface area contributed by atoms with Crippen LogP contribution in [0.2, 0.25) is 0 Å². The van der Waals surface area contributed by atoms with Gasteiger partial charge in [-0.1, -0.05) is 78.9 Å². The molecule has 4 rings (SSSR count). The first-order valence-corrected chi connectivity index (χ1v) is 10.6. The smallest absolute Gasteiger partial charge is 0.490 e. The predicted molar refractivity (Wildman–Crippen MR) is 124 cm³/mol. The van der Waals surface area contributed by atoms with E-state index in [4.69, 9.17) is 19.6 Å². The zero-order chi connectivity index (χ0) is 24.6. The first kappa shape index (κ1) is 24.8. The summed E-state index contributed by atoms with van der Waals surface area (Å²) in [6.45, 7) is 0. The van der Waals surface area contributed by atoms with Crippen LogP contribution in [0.5, 0.6) is 5.75 Å². The Balaban J connectivity index is 0.000000406. The Morgan fingerprint density at radius 1 is 0.912 bits per heavy atom. The molecule has 8 heteroatoms. The van der Waals surface area contributed by atoms with Crippen LogP contribution >= 0.6 is 0 Å². The van der Waals surface area contributed by atoms with Crippen molar-refractivity contribution in [2.24, 2.45) is 4.99 Å². The Morgan fingerprint density at radius 3 is 2.00 bits per heavy atom. The number of nitrogens with one attached hydrogen (secondary N) is 1. The Kier molecular flexibility index (Phi) is 8.29. The van der Waals surface area contributed by atoms with Crippen molar-refractivity contribution in [1.29, 1.82) is 0 Å². The van der Waals surface area contributed by atoms with Gasteiger partial charge in [0.25, 0.3) is 0 Å². The summed E-state index contributed by atoms with van der Waals surface area (Å²) in [6, 6.07) is 29.6. The molecule has 0 unspecified atom stereocenters.